The Kier molecular flexibility index (Phi) is 6.97. The van der Waals surface area contributed by atoms with Gasteiger partial charge in [0.1, 0.15) is 11.0 Å². The largest absolute Gasteiger partial charge is 0.468 e. The topological polar surface area (TPSA) is 105 Å². The molecule has 1 fully saturated rings. The minimum absolute atomic E-state index is 0.0133. The van der Waals surface area contributed by atoms with E-state index >= 15 is 0 Å². The van der Waals surface area contributed by atoms with E-state index in [1.165, 1.54) is 36.6 Å². The number of amides is 2. The number of halogens is 1. The summed E-state index contributed by atoms with van der Waals surface area (Å²) in [5.41, 5.74) is 0. The maximum atomic E-state index is 13.1. The molecule has 0 aliphatic heterocycles. The van der Waals surface area contributed by atoms with Gasteiger partial charge in [0.15, 0.2) is 9.84 Å². The van der Waals surface area contributed by atoms with Crippen LogP contribution in [-0.4, -0.2) is 32.8 Å². The van der Waals surface area contributed by atoms with Crippen molar-refractivity contribution in [2.75, 3.05) is 6.54 Å². The molecule has 1 aliphatic carbocycles. The van der Waals surface area contributed by atoms with E-state index in [4.69, 9.17) is 16.0 Å². The Balaban J connectivity index is 1.70. The fourth-order valence-corrected chi connectivity index (χ4v) is 5.10. The maximum Gasteiger partial charge on any atom is 0.309 e. The van der Waals surface area contributed by atoms with Gasteiger partial charge in [0.25, 0.3) is 0 Å². The molecule has 156 valence electrons. The zero-order valence-corrected chi connectivity index (χ0v) is 17.3. The summed E-state index contributed by atoms with van der Waals surface area (Å²) in [4.78, 5) is 24.4. The summed E-state index contributed by atoms with van der Waals surface area (Å²) >= 11 is 5.84. The molecular formula is C20H23ClN2O5S. The lowest BCUT2D eigenvalue weighted by Gasteiger charge is -2.22. The van der Waals surface area contributed by atoms with Crippen LogP contribution >= 0.6 is 11.6 Å². The molecule has 1 aromatic carbocycles. The highest BCUT2D eigenvalue weighted by Gasteiger charge is 2.32. The van der Waals surface area contributed by atoms with Crippen LogP contribution in [0.5, 0.6) is 0 Å². The molecule has 0 bridgehead atoms. The minimum atomic E-state index is -3.89. The van der Waals surface area contributed by atoms with Gasteiger partial charge < -0.3 is 15.1 Å². The molecule has 9 heteroatoms. The van der Waals surface area contributed by atoms with E-state index in [1.807, 2.05) is 0 Å². The van der Waals surface area contributed by atoms with Gasteiger partial charge in [-0.3, -0.25) is 9.59 Å². The normalized spacial score (nSPS) is 16.2. The smallest absolute Gasteiger partial charge is 0.309 e. The first kappa shape index (κ1) is 21.4. The zero-order valence-electron chi connectivity index (χ0n) is 15.8. The van der Waals surface area contributed by atoms with Crippen molar-refractivity contribution < 1.29 is 22.4 Å². The van der Waals surface area contributed by atoms with E-state index in [9.17, 15) is 18.0 Å². The van der Waals surface area contributed by atoms with Crippen molar-refractivity contribution in [2.24, 2.45) is 0 Å². The number of rotatable bonds is 6. The van der Waals surface area contributed by atoms with Crippen LogP contribution in [0.25, 0.3) is 0 Å². The molecule has 2 N–H and O–H groups in total. The summed E-state index contributed by atoms with van der Waals surface area (Å²) in [5, 5.41) is 4.38. The Labute approximate surface area is 174 Å². The second-order valence-electron chi connectivity index (χ2n) is 7.02. The molecule has 3 rings (SSSR count). The van der Waals surface area contributed by atoms with E-state index < -0.39 is 26.9 Å². The van der Waals surface area contributed by atoms with Gasteiger partial charge in [-0.2, -0.15) is 0 Å². The second-order valence-corrected chi connectivity index (χ2v) is 9.59. The van der Waals surface area contributed by atoms with Gasteiger partial charge >= 0.3 is 11.8 Å². The van der Waals surface area contributed by atoms with Crippen LogP contribution in [0.15, 0.2) is 52.0 Å². The molecule has 0 unspecified atom stereocenters. The predicted octanol–water partition coefficient (Wildman–Crippen LogP) is 3.01. The van der Waals surface area contributed by atoms with Crippen LogP contribution in [0.3, 0.4) is 0 Å². The standard InChI is InChI=1S/C20H23ClN2O5S/c21-14-8-10-16(11-9-14)29(26,27)18(17-7-4-12-28-17)13-22-19(24)20(25)23-15-5-2-1-3-6-15/h4,7-12,15,18H,1-3,5-6,13H2,(H,22,24)(H,23,25)/t18-/m1/s1. The predicted molar refractivity (Wildman–Crippen MR) is 108 cm³/mol. The molecular weight excluding hydrogens is 416 g/mol. The number of nitrogens with one attached hydrogen (secondary N) is 2. The average molecular weight is 439 g/mol. The molecule has 0 spiro atoms. The fourth-order valence-electron chi connectivity index (χ4n) is 3.39. The summed E-state index contributed by atoms with van der Waals surface area (Å²) < 4.78 is 31.5. The van der Waals surface area contributed by atoms with Gasteiger partial charge in [0.05, 0.1) is 11.2 Å². The molecule has 0 radical (unpaired) electrons. The van der Waals surface area contributed by atoms with Crippen LogP contribution in [-0.2, 0) is 19.4 Å². The number of sulfone groups is 1. The van der Waals surface area contributed by atoms with Gasteiger partial charge in [0, 0.05) is 17.6 Å². The Bertz CT molecular complexity index is 936. The van der Waals surface area contributed by atoms with Gasteiger partial charge in [-0.25, -0.2) is 8.42 Å². The molecule has 1 heterocycles. The van der Waals surface area contributed by atoms with Crippen molar-refractivity contribution in [1.29, 1.82) is 0 Å². The van der Waals surface area contributed by atoms with E-state index in [0.29, 0.717) is 5.02 Å². The SMILES string of the molecule is O=C(NC[C@H](c1ccco1)S(=O)(=O)c1ccc(Cl)cc1)C(=O)NC1CCCCC1. The molecule has 1 saturated carbocycles. The Morgan fingerprint density at radius 2 is 1.76 bits per heavy atom. The summed E-state index contributed by atoms with van der Waals surface area (Å²) in [6.07, 6.45) is 6.22. The Hall–Kier alpha value is -2.32. The van der Waals surface area contributed by atoms with Crippen LogP contribution < -0.4 is 10.6 Å². The van der Waals surface area contributed by atoms with Gasteiger partial charge in [-0.15, -0.1) is 0 Å². The number of carbonyl (C=O) groups excluding carboxylic acids is 2. The van der Waals surface area contributed by atoms with E-state index in [1.54, 1.807) is 6.07 Å². The fraction of sp³-hybridized carbons (Fsp3) is 0.400. The number of benzene rings is 1. The highest BCUT2D eigenvalue weighted by molar-refractivity contribution is 7.91. The van der Waals surface area contributed by atoms with E-state index in [2.05, 4.69) is 10.6 Å². The van der Waals surface area contributed by atoms with Gasteiger partial charge in [-0.05, 0) is 49.2 Å². The molecule has 1 atom stereocenters. The highest BCUT2D eigenvalue weighted by atomic mass is 35.5. The third-order valence-corrected chi connectivity index (χ3v) is 7.30. The Morgan fingerprint density at radius 1 is 1.07 bits per heavy atom. The average Bonchev–Trinajstić information content (AvgIpc) is 3.23. The van der Waals surface area contributed by atoms with E-state index in [0.717, 1.165) is 32.1 Å². The number of carbonyl (C=O) groups is 2. The van der Waals surface area contributed by atoms with Crippen LogP contribution in [0.2, 0.25) is 5.02 Å². The van der Waals surface area contributed by atoms with Crippen molar-refractivity contribution in [3.05, 3.63) is 53.4 Å². The summed E-state index contributed by atoms with van der Waals surface area (Å²) in [6.45, 7) is -0.296. The monoisotopic (exact) mass is 438 g/mol. The number of hydrogen-bond donors (Lipinski definition) is 2. The van der Waals surface area contributed by atoms with Crippen LogP contribution in [0, 0.1) is 0 Å². The van der Waals surface area contributed by atoms with Gasteiger partial charge in [-0.1, -0.05) is 30.9 Å². The van der Waals surface area contributed by atoms with Gasteiger partial charge in [0.2, 0.25) is 0 Å². The Morgan fingerprint density at radius 3 is 2.38 bits per heavy atom. The number of furan rings is 1. The molecule has 2 aromatic rings. The van der Waals surface area contributed by atoms with Crippen molar-refractivity contribution >= 4 is 33.3 Å². The highest BCUT2D eigenvalue weighted by Crippen LogP contribution is 2.29. The third kappa shape index (κ3) is 5.39. The molecule has 7 nitrogen and oxygen atoms in total. The minimum Gasteiger partial charge on any atom is -0.468 e. The molecule has 2 amide bonds. The quantitative estimate of drug-likeness (QED) is 0.674. The lowest BCUT2D eigenvalue weighted by Crippen LogP contribution is -2.46. The molecule has 0 saturated heterocycles. The van der Waals surface area contributed by atoms with E-state index in [-0.39, 0.29) is 23.2 Å². The molecule has 1 aliphatic rings. The summed E-state index contributed by atoms with van der Waals surface area (Å²) in [7, 11) is -3.89. The lowest BCUT2D eigenvalue weighted by atomic mass is 9.95. The number of hydrogen-bond acceptors (Lipinski definition) is 5. The van der Waals surface area contributed by atoms with Crippen molar-refractivity contribution in [1.82, 2.24) is 10.6 Å². The second kappa shape index (κ2) is 9.45. The first-order chi connectivity index (χ1) is 13.9. The van der Waals surface area contributed by atoms with Crippen molar-refractivity contribution in [2.45, 2.75) is 48.3 Å². The van der Waals surface area contributed by atoms with Crippen molar-refractivity contribution in [3.63, 3.8) is 0 Å². The zero-order chi connectivity index (χ0) is 20.9. The summed E-state index contributed by atoms with van der Waals surface area (Å²) in [6, 6.07) is 8.81. The summed E-state index contributed by atoms with van der Waals surface area (Å²) in [5.74, 6) is -1.44. The lowest BCUT2D eigenvalue weighted by molar-refractivity contribution is -0.139. The van der Waals surface area contributed by atoms with Crippen molar-refractivity contribution in [3.8, 4) is 0 Å². The van der Waals surface area contributed by atoms with Crippen LogP contribution in [0.4, 0.5) is 0 Å². The van der Waals surface area contributed by atoms with Crippen LogP contribution in [0.1, 0.15) is 43.1 Å². The third-order valence-electron chi connectivity index (χ3n) is 4.97. The molecule has 29 heavy (non-hydrogen) atoms. The maximum absolute atomic E-state index is 13.1. The first-order valence-corrected chi connectivity index (χ1v) is 11.4. The first-order valence-electron chi connectivity index (χ1n) is 9.49. The molecule has 1 aromatic heterocycles.